The van der Waals surface area contributed by atoms with Gasteiger partial charge in [0.2, 0.25) is 0 Å². The van der Waals surface area contributed by atoms with E-state index in [1.165, 1.54) is 14.2 Å². The van der Waals surface area contributed by atoms with Gasteiger partial charge in [0.05, 0.1) is 3.79 Å². The minimum Gasteiger partial charge on any atom is -0.314 e. The molecule has 2 nitrogen and oxygen atoms in total. The Hall–Kier alpha value is 0.420. The molecule has 1 aromatic rings. The van der Waals surface area contributed by atoms with Gasteiger partial charge in [0.1, 0.15) is 0 Å². The monoisotopic (exact) mass is 386 g/mol. The van der Waals surface area contributed by atoms with Crippen molar-refractivity contribution < 1.29 is 0 Å². The Balaban J connectivity index is 0.00000162. The van der Waals surface area contributed by atoms with Gasteiger partial charge in [0.15, 0.2) is 0 Å². The van der Waals surface area contributed by atoms with Gasteiger partial charge >= 0.3 is 0 Å². The molecule has 1 saturated heterocycles. The third-order valence-corrected chi connectivity index (χ3v) is 4.78. The number of hydrogen-bond acceptors (Lipinski definition) is 3. The maximum atomic E-state index is 4.07. The van der Waals surface area contributed by atoms with Crippen LogP contribution in [0.5, 0.6) is 0 Å². The van der Waals surface area contributed by atoms with Gasteiger partial charge in [0, 0.05) is 37.1 Å². The first-order valence-electron chi connectivity index (χ1n) is 6.01. The molecule has 0 aromatic carbocycles. The Morgan fingerprint density at radius 2 is 2.05 bits per heavy atom. The molecular formula is C13H21BrCl2N2S. The molecule has 1 aliphatic heterocycles. The van der Waals surface area contributed by atoms with Gasteiger partial charge < -0.3 is 5.32 Å². The van der Waals surface area contributed by atoms with E-state index in [9.17, 15) is 0 Å². The van der Waals surface area contributed by atoms with Crippen molar-refractivity contribution in [3.8, 4) is 0 Å². The van der Waals surface area contributed by atoms with E-state index in [1.807, 2.05) is 11.3 Å². The highest BCUT2D eigenvalue weighted by molar-refractivity contribution is 9.11. The lowest BCUT2D eigenvalue weighted by molar-refractivity contribution is 0.175. The molecule has 19 heavy (non-hydrogen) atoms. The smallest absolute Gasteiger partial charge is 0.0701 e. The minimum atomic E-state index is 0. The molecule has 0 amide bonds. The van der Waals surface area contributed by atoms with Gasteiger partial charge in [-0.15, -0.1) is 42.7 Å². The molecule has 0 aliphatic carbocycles. The van der Waals surface area contributed by atoms with Crippen LogP contribution in [0, 0.1) is 0 Å². The van der Waals surface area contributed by atoms with E-state index in [2.05, 4.69) is 51.8 Å². The molecule has 1 fully saturated rings. The van der Waals surface area contributed by atoms with E-state index in [4.69, 9.17) is 0 Å². The normalized spacial score (nSPS) is 17.2. The predicted octanol–water partition coefficient (Wildman–Crippen LogP) is 4.27. The van der Waals surface area contributed by atoms with Crippen molar-refractivity contribution in [3.05, 3.63) is 32.9 Å². The van der Waals surface area contributed by atoms with Gasteiger partial charge in [-0.1, -0.05) is 5.57 Å². The Morgan fingerprint density at radius 1 is 1.42 bits per heavy atom. The van der Waals surface area contributed by atoms with Crippen LogP contribution in [0.1, 0.15) is 24.3 Å². The van der Waals surface area contributed by atoms with Gasteiger partial charge in [0.25, 0.3) is 0 Å². The highest BCUT2D eigenvalue weighted by Crippen LogP contribution is 2.34. The van der Waals surface area contributed by atoms with Crippen molar-refractivity contribution in [3.63, 3.8) is 0 Å². The first-order valence-corrected chi connectivity index (χ1v) is 7.62. The minimum absolute atomic E-state index is 0. The number of nitrogens with one attached hydrogen (secondary N) is 1. The summed E-state index contributed by atoms with van der Waals surface area (Å²) in [5.74, 6) is 0. The fraction of sp³-hybridized carbons (Fsp3) is 0.538. The summed E-state index contributed by atoms with van der Waals surface area (Å²) in [6.07, 6.45) is 1.06. The molecule has 1 atom stereocenters. The molecule has 1 aromatic heterocycles. The zero-order chi connectivity index (χ0) is 12.3. The summed E-state index contributed by atoms with van der Waals surface area (Å²) in [4.78, 5) is 4.02. The third kappa shape index (κ3) is 5.74. The highest BCUT2D eigenvalue weighted by Gasteiger charge is 2.23. The summed E-state index contributed by atoms with van der Waals surface area (Å²) >= 11 is 5.40. The Kier molecular flexibility index (Phi) is 9.58. The lowest BCUT2D eigenvalue weighted by Crippen LogP contribution is -2.45. The van der Waals surface area contributed by atoms with E-state index in [1.54, 1.807) is 0 Å². The first-order chi connectivity index (χ1) is 8.16. The Labute approximate surface area is 140 Å². The first kappa shape index (κ1) is 19.4. The van der Waals surface area contributed by atoms with E-state index in [0.29, 0.717) is 6.04 Å². The van der Waals surface area contributed by atoms with E-state index >= 15 is 0 Å². The van der Waals surface area contributed by atoms with Crippen LogP contribution in [0.25, 0.3) is 0 Å². The molecule has 2 rings (SSSR count). The van der Waals surface area contributed by atoms with Crippen molar-refractivity contribution in [2.24, 2.45) is 0 Å². The maximum Gasteiger partial charge on any atom is 0.0701 e. The van der Waals surface area contributed by atoms with Crippen molar-refractivity contribution in [1.29, 1.82) is 0 Å². The number of piperazine rings is 1. The SMILES string of the molecule is C=C(C)C[C@@H](c1ccc(Br)s1)N1CCNCC1.Cl.Cl. The molecule has 0 unspecified atom stereocenters. The second kappa shape index (κ2) is 9.37. The lowest BCUT2D eigenvalue weighted by Gasteiger charge is -2.34. The topological polar surface area (TPSA) is 15.3 Å². The largest absolute Gasteiger partial charge is 0.314 e. The molecule has 0 spiro atoms. The summed E-state index contributed by atoms with van der Waals surface area (Å²) < 4.78 is 1.22. The average Bonchev–Trinajstić information content (AvgIpc) is 2.73. The van der Waals surface area contributed by atoms with Crippen molar-refractivity contribution in [2.75, 3.05) is 26.2 Å². The zero-order valence-corrected chi connectivity index (χ0v) is 15.1. The summed E-state index contributed by atoms with van der Waals surface area (Å²) in [5.41, 5.74) is 1.26. The molecule has 0 saturated carbocycles. The zero-order valence-electron chi connectivity index (χ0n) is 11.0. The second-order valence-corrected chi connectivity index (χ2v) is 7.10. The van der Waals surface area contributed by atoms with E-state index in [-0.39, 0.29) is 24.8 Å². The molecule has 1 aliphatic rings. The van der Waals surface area contributed by atoms with Crippen LogP contribution in [0.4, 0.5) is 0 Å². The summed E-state index contributed by atoms with van der Waals surface area (Å²) in [6, 6.07) is 4.89. The van der Waals surface area contributed by atoms with Crippen LogP contribution < -0.4 is 5.32 Å². The van der Waals surface area contributed by atoms with Gasteiger partial charge in [-0.2, -0.15) is 0 Å². The lowest BCUT2D eigenvalue weighted by atomic mass is 10.0. The number of halogens is 3. The molecule has 110 valence electrons. The van der Waals surface area contributed by atoms with Crippen molar-refractivity contribution in [1.82, 2.24) is 10.2 Å². The molecule has 0 bridgehead atoms. The predicted molar refractivity (Wildman–Crippen MR) is 93.1 cm³/mol. The van der Waals surface area contributed by atoms with Crippen LogP contribution in [0.3, 0.4) is 0 Å². The van der Waals surface area contributed by atoms with Crippen LogP contribution in [0.15, 0.2) is 28.1 Å². The fourth-order valence-corrected chi connectivity index (χ4v) is 3.80. The Bertz CT molecular complexity index is 392. The number of thiophene rings is 1. The van der Waals surface area contributed by atoms with Crippen LogP contribution >= 0.6 is 52.1 Å². The number of nitrogens with zero attached hydrogens (tertiary/aromatic N) is 1. The average molecular weight is 388 g/mol. The molecule has 0 radical (unpaired) electrons. The molecular weight excluding hydrogens is 367 g/mol. The summed E-state index contributed by atoms with van der Waals surface area (Å²) in [6.45, 7) is 10.7. The second-order valence-electron chi connectivity index (χ2n) is 4.60. The summed E-state index contributed by atoms with van der Waals surface area (Å²) in [5, 5.41) is 3.41. The fourth-order valence-electron chi connectivity index (χ4n) is 2.24. The quantitative estimate of drug-likeness (QED) is 0.776. The van der Waals surface area contributed by atoms with Gasteiger partial charge in [-0.05, 0) is 41.4 Å². The van der Waals surface area contributed by atoms with Crippen LogP contribution in [-0.4, -0.2) is 31.1 Å². The molecule has 1 N–H and O–H groups in total. The maximum absolute atomic E-state index is 4.07. The van der Waals surface area contributed by atoms with E-state index in [0.717, 1.165) is 32.6 Å². The van der Waals surface area contributed by atoms with Crippen LogP contribution in [-0.2, 0) is 0 Å². The standard InChI is InChI=1S/C13H19BrN2S.2ClH/c1-10(2)9-11(12-3-4-13(14)17-12)16-7-5-15-6-8-16;;/h3-4,11,15H,1,5-9H2,2H3;2*1H/t11-;;/m0../s1. The van der Waals surface area contributed by atoms with Gasteiger partial charge in [-0.25, -0.2) is 0 Å². The van der Waals surface area contributed by atoms with Gasteiger partial charge in [-0.3, -0.25) is 4.90 Å². The third-order valence-electron chi connectivity index (χ3n) is 3.06. The number of hydrogen-bond donors (Lipinski definition) is 1. The molecule has 2 heterocycles. The van der Waals surface area contributed by atoms with Crippen LogP contribution in [0.2, 0.25) is 0 Å². The summed E-state index contributed by atoms with van der Waals surface area (Å²) in [7, 11) is 0. The Morgan fingerprint density at radius 3 is 2.53 bits per heavy atom. The highest BCUT2D eigenvalue weighted by atomic mass is 79.9. The van der Waals surface area contributed by atoms with Crippen molar-refractivity contribution >= 4 is 52.1 Å². The molecule has 6 heteroatoms. The van der Waals surface area contributed by atoms with E-state index < -0.39 is 0 Å². The number of rotatable bonds is 4. The van der Waals surface area contributed by atoms with Crippen molar-refractivity contribution in [2.45, 2.75) is 19.4 Å².